The normalized spacial score (nSPS) is 19.7. The third kappa shape index (κ3) is 2.41. The number of ether oxygens (including phenoxy) is 1. The van der Waals surface area contributed by atoms with Gasteiger partial charge in [0.15, 0.2) is 0 Å². The Balaban J connectivity index is 1.94. The minimum Gasteiger partial charge on any atom is -0.474 e. The van der Waals surface area contributed by atoms with Gasteiger partial charge in [-0.15, -0.1) is 0 Å². The fourth-order valence-electron chi connectivity index (χ4n) is 1.50. The molecule has 3 nitrogen and oxygen atoms in total. The molecule has 0 unspecified atom stereocenters. The number of pyridine rings is 1. The van der Waals surface area contributed by atoms with Crippen LogP contribution in [0, 0.1) is 0 Å². The lowest BCUT2D eigenvalue weighted by Gasteiger charge is -2.34. The number of nitrogens with two attached hydrogens (primary N) is 1. The van der Waals surface area contributed by atoms with Crippen LogP contribution in [0.15, 0.2) is 18.3 Å². The van der Waals surface area contributed by atoms with E-state index in [2.05, 4.69) is 4.98 Å². The molecule has 2 N–H and O–H groups in total. The monoisotopic (exact) mass is 214 g/mol. The molecule has 82 valence electrons. The van der Waals surface area contributed by atoms with Gasteiger partial charge in [0, 0.05) is 31.6 Å². The molecule has 0 amide bonds. The van der Waals surface area contributed by atoms with Crippen molar-refractivity contribution in [2.75, 3.05) is 0 Å². The van der Waals surface area contributed by atoms with Crippen LogP contribution >= 0.6 is 0 Å². The van der Waals surface area contributed by atoms with Gasteiger partial charge in [0.05, 0.1) is 0 Å². The summed E-state index contributed by atoms with van der Waals surface area (Å²) in [4.78, 5) is 3.93. The van der Waals surface area contributed by atoms with Crippen molar-refractivity contribution in [2.45, 2.75) is 31.4 Å². The van der Waals surface area contributed by atoms with Gasteiger partial charge in [-0.3, -0.25) is 0 Å². The quantitative estimate of drug-likeness (QED) is 0.833. The Morgan fingerprint density at radius 2 is 2.27 bits per heavy atom. The lowest BCUT2D eigenvalue weighted by molar-refractivity contribution is -0.135. The van der Waals surface area contributed by atoms with Crippen molar-refractivity contribution in [2.24, 2.45) is 5.73 Å². The van der Waals surface area contributed by atoms with E-state index in [4.69, 9.17) is 10.5 Å². The molecule has 0 saturated heterocycles. The van der Waals surface area contributed by atoms with Crippen LogP contribution in [0.2, 0.25) is 0 Å². The summed E-state index contributed by atoms with van der Waals surface area (Å²) in [7, 11) is 0. The van der Waals surface area contributed by atoms with Gasteiger partial charge in [0.2, 0.25) is 5.88 Å². The van der Waals surface area contributed by atoms with E-state index >= 15 is 0 Å². The average Bonchev–Trinajstić information content (AvgIpc) is 2.15. The zero-order valence-corrected chi connectivity index (χ0v) is 8.12. The number of nitrogens with zero attached hydrogens (tertiary/aromatic N) is 1. The van der Waals surface area contributed by atoms with Crippen LogP contribution in [0.3, 0.4) is 0 Å². The summed E-state index contributed by atoms with van der Waals surface area (Å²) < 4.78 is 30.3. The number of alkyl halides is 2. The predicted molar refractivity (Wildman–Crippen MR) is 50.7 cm³/mol. The first kappa shape index (κ1) is 10.3. The summed E-state index contributed by atoms with van der Waals surface area (Å²) >= 11 is 0. The SMILES string of the molecule is NCc1ccnc(OC2CC(F)(F)C2)c1. The summed E-state index contributed by atoms with van der Waals surface area (Å²) in [5.74, 6) is -2.19. The maximum atomic E-state index is 12.5. The highest BCUT2D eigenvalue weighted by Crippen LogP contribution is 2.39. The van der Waals surface area contributed by atoms with E-state index in [-0.39, 0.29) is 12.8 Å². The number of rotatable bonds is 3. The molecule has 1 aromatic rings. The number of aromatic nitrogens is 1. The van der Waals surface area contributed by atoms with Crippen LogP contribution in [-0.2, 0) is 6.54 Å². The van der Waals surface area contributed by atoms with Crippen molar-refractivity contribution in [3.05, 3.63) is 23.9 Å². The van der Waals surface area contributed by atoms with Crippen molar-refractivity contribution in [1.29, 1.82) is 0 Å². The highest BCUT2D eigenvalue weighted by Gasteiger charge is 2.47. The molecule has 0 aliphatic heterocycles. The minimum absolute atomic E-state index is 0.221. The van der Waals surface area contributed by atoms with Gasteiger partial charge in [0.1, 0.15) is 6.10 Å². The van der Waals surface area contributed by atoms with Gasteiger partial charge < -0.3 is 10.5 Å². The first-order chi connectivity index (χ1) is 7.09. The van der Waals surface area contributed by atoms with Gasteiger partial charge in [-0.25, -0.2) is 13.8 Å². The van der Waals surface area contributed by atoms with E-state index in [9.17, 15) is 8.78 Å². The fourth-order valence-corrected chi connectivity index (χ4v) is 1.50. The van der Waals surface area contributed by atoms with Crippen LogP contribution in [0.1, 0.15) is 18.4 Å². The molecule has 15 heavy (non-hydrogen) atoms. The Hall–Kier alpha value is -1.23. The highest BCUT2D eigenvalue weighted by atomic mass is 19.3. The van der Waals surface area contributed by atoms with Crippen molar-refractivity contribution in [3.63, 3.8) is 0 Å². The first-order valence-corrected chi connectivity index (χ1v) is 4.78. The average molecular weight is 214 g/mol. The Kier molecular flexibility index (Phi) is 2.56. The second-order valence-electron chi connectivity index (χ2n) is 3.71. The molecule has 1 fully saturated rings. The summed E-state index contributed by atoms with van der Waals surface area (Å²) in [5, 5.41) is 0. The van der Waals surface area contributed by atoms with Crippen LogP contribution in [0.4, 0.5) is 8.78 Å². The topological polar surface area (TPSA) is 48.1 Å². The first-order valence-electron chi connectivity index (χ1n) is 4.78. The molecule has 2 rings (SSSR count). The third-order valence-corrected chi connectivity index (χ3v) is 2.37. The molecule has 1 heterocycles. The third-order valence-electron chi connectivity index (χ3n) is 2.37. The van der Waals surface area contributed by atoms with Gasteiger partial charge in [-0.05, 0) is 11.6 Å². The van der Waals surface area contributed by atoms with E-state index in [1.54, 1.807) is 18.3 Å². The molecule has 1 aliphatic carbocycles. The zero-order valence-electron chi connectivity index (χ0n) is 8.12. The summed E-state index contributed by atoms with van der Waals surface area (Å²) in [6, 6.07) is 3.44. The van der Waals surface area contributed by atoms with Crippen molar-refractivity contribution >= 4 is 0 Å². The number of halogens is 2. The highest BCUT2D eigenvalue weighted by molar-refractivity contribution is 5.20. The van der Waals surface area contributed by atoms with Gasteiger partial charge in [-0.2, -0.15) is 0 Å². The Bertz CT molecular complexity index is 349. The summed E-state index contributed by atoms with van der Waals surface area (Å²) in [6.45, 7) is 0.389. The molecule has 1 saturated carbocycles. The van der Waals surface area contributed by atoms with Crippen molar-refractivity contribution < 1.29 is 13.5 Å². The standard InChI is InChI=1S/C10H12F2N2O/c11-10(12)4-8(5-10)15-9-3-7(6-13)1-2-14-9/h1-3,8H,4-6,13H2. The maximum Gasteiger partial charge on any atom is 0.255 e. The van der Waals surface area contributed by atoms with Crippen molar-refractivity contribution in [1.82, 2.24) is 4.98 Å². The lowest BCUT2D eigenvalue weighted by Crippen LogP contribution is -2.43. The molecular formula is C10H12F2N2O. The molecule has 0 atom stereocenters. The largest absolute Gasteiger partial charge is 0.474 e. The molecule has 0 radical (unpaired) electrons. The Morgan fingerprint density at radius 1 is 1.53 bits per heavy atom. The predicted octanol–water partition coefficient (Wildman–Crippen LogP) is 1.72. The van der Waals surface area contributed by atoms with Crippen LogP contribution in [-0.4, -0.2) is 17.0 Å². The van der Waals surface area contributed by atoms with Crippen LogP contribution in [0.5, 0.6) is 5.88 Å². The van der Waals surface area contributed by atoms with E-state index in [0.717, 1.165) is 5.56 Å². The van der Waals surface area contributed by atoms with E-state index < -0.39 is 12.0 Å². The summed E-state index contributed by atoms with van der Waals surface area (Å²) in [5.41, 5.74) is 6.32. The Morgan fingerprint density at radius 3 is 2.87 bits per heavy atom. The molecule has 0 aromatic carbocycles. The minimum atomic E-state index is -2.56. The van der Waals surface area contributed by atoms with E-state index in [1.807, 2.05) is 0 Å². The van der Waals surface area contributed by atoms with E-state index in [1.165, 1.54) is 0 Å². The number of hydrogen-bond acceptors (Lipinski definition) is 3. The van der Waals surface area contributed by atoms with Gasteiger partial charge in [0.25, 0.3) is 5.92 Å². The summed E-state index contributed by atoms with van der Waals surface area (Å²) in [6.07, 6.45) is 0.706. The second kappa shape index (κ2) is 3.73. The fraction of sp³-hybridized carbons (Fsp3) is 0.500. The molecule has 0 bridgehead atoms. The lowest BCUT2D eigenvalue weighted by atomic mass is 9.91. The zero-order chi connectivity index (χ0) is 10.9. The molecule has 5 heteroatoms. The van der Waals surface area contributed by atoms with Crippen LogP contribution < -0.4 is 10.5 Å². The molecular weight excluding hydrogens is 202 g/mol. The van der Waals surface area contributed by atoms with Gasteiger partial charge in [-0.1, -0.05) is 0 Å². The van der Waals surface area contributed by atoms with Crippen molar-refractivity contribution in [3.8, 4) is 5.88 Å². The van der Waals surface area contributed by atoms with Gasteiger partial charge >= 0.3 is 0 Å². The smallest absolute Gasteiger partial charge is 0.255 e. The molecule has 1 aliphatic rings. The van der Waals surface area contributed by atoms with E-state index in [0.29, 0.717) is 12.4 Å². The maximum absolute atomic E-state index is 12.5. The second-order valence-corrected chi connectivity index (χ2v) is 3.71. The van der Waals surface area contributed by atoms with Crippen LogP contribution in [0.25, 0.3) is 0 Å². The number of hydrogen-bond donors (Lipinski definition) is 1. The molecule has 0 spiro atoms. The Labute approximate surface area is 86.3 Å². The molecule has 1 aromatic heterocycles.